The quantitative estimate of drug-likeness (QED) is 0.676. The number of nitrogens with zero attached hydrogens (tertiary/aromatic N) is 2. The van der Waals surface area contributed by atoms with E-state index in [1.807, 2.05) is 24.3 Å². The Hall–Kier alpha value is -2.71. The fraction of sp³-hybridized carbons (Fsp3) is 0.389. The largest absolute Gasteiger partial charge is 0.480 e. The number of primary amides is 1. The normalized spacial score (nSPS) is 21.6. The van der Waals surface area contributed by atoms with Crippen molar-refractivity contribution < 1.29 is 19.4 Å². The third-order valence-electron chi connectivity index (χ3n) is 4.65. The molecule has 1 aliphatic rings. The van der Waals surface area contributed by atoms with Crippen LogP contribution >= 0.6 is 0 Å². The second-order valence-corrected chi connectivity index (χ2v) is 6.43. The number of aliphatic carboxylic acids is 1. The topological polar surface area (TPSA) is 118 Å². The molecule has 0 saturated carbocycles. The van der Waals surface area contributed by atoms with Crippen LogP contribution in [0, 0.1) is 0 Å². The van der Waals surface area contributed by atoms with Gasteiger partial charge >= 0.3 is 5.97 Å². The lowest BCUT2D eigenvalue weighted by molar-refractivity contribution is -0.149. The van der Waals surface area contributed by atoms with Gasteiger partial charge in [-0.2, -0.15) is 0 Å². The Labute approximate surface area is 150 Å². The summed E-state index contributed by atoms with van der Waals surface area (Å²) in [6, 6.07) is 7.03. The van der Waals surface area contributed by atoms with E-state index in [9.17, 15) is 14.7 Å². The van der Waals surface area contributed by atoms with Gasteiger partial charge in [0, 0.05) is 43.2 Å². The number of nitrogens with two attached hydrogens (primary N) is 1. The Balaban J connectivity index is 1.75. The zero-order chi connectivity index (χ0) is 18.7. The third kappa shape index (κ3) is 3.92. The van der Waals surface area contributed by atoms with Crippen LogP contribution in [0.2, 0.25) is 0 Å². The number of amides is 1. The summed E-state index contributed by atoms with van der Waals surface area (Å²) in [5.74, 6) is -1.47. The highest BCUT2D eigenvalue weighted by atomic mass is 16.5. The molecule has 2 aromatic rings. The summed E-state index contributed by atoms with van der Waals surface area (Å²) in [4.78, 5) is 28.7. The first-order valence-electron chi connectivity index (χ1n) is 8.38. The molecule has 4 N–H and O–H groups in total. The number of benzene rings is 1. The Bertz CT molecular complexity index is 813. The number of ether oxygens (including phenoxy) is 1. The third-order valence-corrected chi connectivity index (χ3v) is 4.65. The number of carbonyl (C=O) groups is 2. The predicted octanol–water partition coefficient (Wildman–Crippen LogP) is 1.02. The number of hydrogen-bond acceptors (Lipinski definition) is 6. The van der Waals surface area contributed by atoms with Crippen molar-refractivity contribution in [3.05, 3.63) is 36.7 Å². The number of rotatable bonds is 7. The van der Waals surface area contributed by atoms with Gasteiger partial charge in [0.15, 0.2) is 0 Å². The molecule has 1 amide bonds. The van der Waals surface area contributed by atoms with Crippen molar-refractivity contribution in [2.45, 2.75) is 31.2 Å². The number of carbonyl (C=O) groups excluding carboxylic acids is 1. The van der Waals surface area contributed by atoms with Crippen LogP contribution in [0.1, 0.15) is 12.8 Å². The molecule has 1 aliphatic heterocycles. The molecule has 8 nitrogen and oxygen atoms in total. The lowest BCUT2D eigenvalue weighted by Crippen LogP contribution is -2.46. The molecule has 0 bridgehead atoms. The molecular formula is C18H22N4O4. The second-order valence-electron chi connectivity index (χ2n) is 6.43. The van der Waals surface area contributed by atoms with E-state index in [-0.39, 0.29) is 12.5 Å². The fourth-order valence-corrected chi connectivity index (χ4v) is 3.44. The van der Waals surface area contributed by atoms with E-state index >= 15 is 0 Å². The number of methoxy groups -OCH3 is 1. The lowest BCUT2D eigenvalue weighted by Gasteiger charge is -2.29. The minimum atomic E-state index is -0.939. The van der Waals surface area contributed by atoms with Gasteiger partial charge in [0.05, 0.1) is 6.42 Å². The Morgan fingerprint density at radius 3 is 2.92 bits per heavy atom. The molecule has 26 heavy (non-hydrogen) atoms. The number of anilines is 1. The van der Waals surface area contributed by atoms with Crippen LogP contribution in [0.5, 0.6) is 0 Å². The highest BCUT2D eigenvalue weighted by Gasteiger charge is 2.41. The fourth-order valence-electron chi connectivity index (χ4n) is 3.44. The summed E-state index contributed by atoms with van der Waals surface area (Å²) in [5, 5.41) is 15.0. The molecule has 0 aliphatic carbocycles. The molecule has 1 aromatic carbocycles. The van der Waals surface area contributed by atoms with Gasteiger partial charge in [0.25, 0.3) is 0 Å². The number of fused-ring (bicyclic) bond motifs is 1. The summed E-state index contributed by atoms with van der Waals surface area (Å²) in [7, 11) is 1.45. The average Bonchev–Trinajstić information content (AvgIpc) is 3.03. The number of carboxylic acid groups (broad SMARTS) is 1. The molecule has 1 fully saturated rings. The van der Waals surface area contributed by atoms with E-state index in [1.165, 1.54) is 7.11 Å². The monoisotopic (exact) mass is 358 g/mol. The van der Waals surface area contributed by atoms with E-state index in [1.54, 1.807) is 17.3 Å². The summed E-state index contributed by atoms with van der Waals surface area (Å²) in [6.45, 7) is 0.442. The van der Waals surface area contributed by atoms with Crippen LogP contribution in [0.4, 0.5) is 5.69 Å². The van der Waals surface area contributed by atoms with Gasteiger partial charge in [0.2, 0.25) is 5.91 Å². The molecule has 138 valence electrons. The minimum Gasteiger partial charge on any atom is -0.480 e. The van der Waals surface area contributed by atoms with Crippen LogP contribution in [0.15, 0.2) is 36.7 Å². The van der Waals surface area contributed by atoms with Crippen LogP contribution in [0.3, 0.4) is 0 Å². The molecule has 3 atom stereocenters. The lowest BCUT2D eigenvalue weighted by atomic mass is 10.1. The zero-order valence-corrected chi connectivity index (χ0v) is 14.5. The molecule has 1 unspecified atom stereocenters. The number of carboxylic acids is 1. The van der Waals surface area contributed by atoms with Crippen molar-refractivity contribution in [3.8, 4) is 0 Å². The zero-order valence-electron chi connectivity index (χ0n) is 14.5. The highest BCUT2D eigenvalue weighted by Crippen LogP contribution is 2.26. The molecule has 3 rings (SSSR count). The summed E-state index contributed by atoms with van der Waals surface area (Å²) in [6.07, 6.45) is 3.24. The van der Waals surface area contributed by atoms with E-state index in [2.05, 4.69) is 10.3 Å². The van der Waals surface area contributed by atoms with E-state index in [4.69, 9.17) is 10.5 Å². The minimum absolute atomic E-state index is 0.0457. The number of likely N-dealkylation sites (tertiary alicyclic amines) is 1. The number of pyridine rings is 1. The SMILES string of the molecule is COC(CC(N)=O)N1C[C@@H](Nc2ccc3cnccc3c2)C[C@H]1C(=O)O. The maximum atomic E-state index is 11.6. The van der Waals surface area contributed by atoms with E-state index in [0.717, 1.165) is 16.5 Å². The van der Waals surface area contributed by atoms with Crippen molar-refractivity contribution in [2.24, 2.45) is 5.73 Å². The molecule has 8 heteroatoms. The highest BCUT2D eigenvalue weighted by molar-refractivity contribution is 5.85. The van der Waals surface area contributed by atoms with Crippen molar-refractivity contribution in [1.82, 2.24) is 9.88 Å². The van der Waals surface area contributed by atoms with Gasteiger partial charge in [0.1, 0.15) is 12.3 Å². The maximum Gasteiger partial charge on any atom is 0.321 e. The Kier molecular flexibility index (Phi) is 5.34. The standard InChI is InChI=1S/C18H22N4O4/c1-26-17(8-16(19)23)22-10-14(7-15(22)18(24)25)21-13-3-2-12-9-20-5-4-11(12)6-13/h2-6,9,14-15,17,21H,7-8,10H2,1H3,(H2,19,23)(H,24,25)/t14-,15-,17?/m0/s1. The Morgan fingerprint density at radius 1 is 1.42 bits per heavy atom. The smallest absolute Gasteiger partial charge is 0.321 e. The van der Waals surface area contributed by atoms with Crippen LogP contribution in [-0.2, 0) is 14.3 Å². The summed E-state index contributed by atoms with van der Waals surface area (Å²) >= 11 is 0. The number of aromatic nitrogens is 1. The van der Waals surface area contributed by atoms with Gasteiger partial charge in [-0.3, -0.25) is 19.5 Å². The molecule has 1 saturated heterocycles. The summed E-state index contributed by atoms with van der Waals surface area (Å²) < 4.78 is 5.31. The van der Waals surface area contributed by atoms with Gasteiger partial charge in [-0.05, 0) is 30.0 Å². The molecule has 0 spiro atoms. The second kappa shape index (κ2) is 7.67. The van der Waals surface area contributed by atoms with Crippen LogP contribution in [0.25, 0.3) is 10.8 Å². The van der Waals surface area contributed by atoms with E-state index in [0.29, 0.717) is 13.0 Å². The van der Waals surface area contributed by atoms with E-state index < -0.39 is 24.1 Å². The predicted molar refractivity (Wildman–Crippen MR) is 96.5 cm³/mol. The van der Waals surface area contributed by atoms with Gasteiger partial charge in [-0.25, -0.2) is 0 Å². The van der Waals surface area contributed by atoms with Crippen molar-refractivity contribution in [1.29, 1.82) is 0 Å². The number of hydrogen-bond donors (Lipinski definition) is 3. The molecule has 2 heterocycles. The molecule has 0 radical (unpaired) electrons. The van der Waals surface area contributed by atoms with Gasteiger partial charge in [-0.1, -0.05) is 6.07 Å². The van der Waals surface area contributed by atoms with Crippen LogP contribution in [-0.4, -0.2) is 58.8 Å². The summed E-state index contributed by atoms with van der Waals surface area (Å²) in [5.41, 5.74) is 6.16. The number of nitrogens with one attached hydrogen (secondary N) is 1. The maximum absolute atomic E-state index is 11.6. The van der Waals surface area contributed by atoms with Gasteiger partial charge < -0.3 is 20.9 Å². The first kappa shape index (κ1) is 18.1. The average molecular weight is 358 g/mol. The molecular weight excluding hydrogens is 336 g/mol. The van der Waals surface area contributed by atoms with Crippen LogP contribution < -0.4 is 11.1 Å². The molecule has 1 aromatic heterocycles. The van der Waals surface area contributed by atoms with Crippen molar-refractivity contribution in [2.75, 3.05) is 19.0 Å². The van der Waals surface area contributed by atoms with Crippen molar-refractivity contribution in [3.63, 3.8) is 0 Å². The van der Waals surface area contributed by atoms with Gasteiger partial charge in [-0.15, -0.1) is 0 Å². The first-order valence-corrected chi connectivity index (χ1v) is 8.38. The van der Waals surface area contributed by atoms with Crippen molar-refractivity contribution >= 4 is 28.3 Å². The first-order chi connectivity index (χ1) is 12.5. The Morgan fingerprint density at radius 2 is 2.23 bits per heavy atom.